The van der Waals surface area contributed by atoms with Crippen molar-refractivity contribution in [1.82, 2.24) is 30.0 Å². The van der Waals surface area contributed by atoms with Crippen molar-refractivity contribution in [2.45, 2.75) is 38.3 Å². The molecule has 26 heavy (non-hydrogen) atoms. The summed E-state index contributed by atoms with van der Waals surface area (Å²) in [7, 11) is 1.88. The maximum absolute atomic E-state index is 12.9. The van der Waals surface area contributed by atoms with Crippen LogP contribution in [0.15, 0.2) is 12.4 Å². The molecule has 3 heterocycles. The number of amides is 4. The van der Waals surface area contributed by atoms with Crippen LogP contribution in [-0.4, -0.2) is 68.9 Å². The molecule has 0 radical (unpaired) electrons. The van der Waals surface area contributed by atoms with Crippen LogP contribution in [0.1, 0.15) is 38.6 Å². The van der Waals surface area contributed by atoms with E-state index in [1.165, 1.54) is 0 Å². The molecule has 2 fully saturated rings. The number of piperazine rings is 1. The Balaban J connectivity index is 1.77. The topological polar surface area (TPSA) is 99.6 Å². The maximum Gasteiger partial charge on any atom is 0.325 e. The van der Waals surface area contributed by atoms with Crippen LogP contribution in [0.2, 0.25) is 0 Å². The molecule has 0 saturated carbocycles. The highest BCUT2D eigenvalue weighted by molar-refractivity contribution is 6.09. The second-order valence-electron chi connectivity index (χ2n) is 6.81. The summed E-state index contributed by atoms with van der Waals surface area (Å²) in [6, 6.07) is -0.713. The molecule has 2 N–H and O–H groups in total. The predicted octanol–water partition coefficient (Wildman–Crippen LogP) is 0.00360. The first-order chi connectivity index (χ1) is 12.4. The molecule has 9 nitrogen and oxygen atoms in total. The molecule has 2 aliphatic rings. The number of hydrogen-bond acceptors (Lipinski definition) is 5. The van der Waals surface area contributed by atoms with Gasteiger partial charge in [0.2, 0.25) is 5.91 Å². The van der Waals surface area contributed by atoms with E-state index in [4.69, 9.17) is 0 Å². The highest BCUT2D eigenvalue weighted by Crippen LogP contribution is 2.26. The van der Waals surface area contributed by atoms with E-state index >= 15 is 0 Å². The van der Waals surface area contributed by atoms with E-state index < -0.39 is 11.6 Å². The largest absolute Gasteiger partial charge is 0.336 e. The van der Waals surface area contributed by atoms with Crippen LogP contribution in [0.5, 0.6) is 0 Å². The molecule has 0 aromatic carbocycles. The van der Waals surface area contributed by atoms with E-state index in [9.17, 15) is 14.4 Å². The molecule has 0 aliphatic carbocycles. The van der Waals surface area contributed by atoms with Crippen LogP contribution >= 0.6 is 0 Å². The molecule has 1 atom stereocenters. The van der Waals surface area contributed by atoms with E-state index in [0.29, 0.717) is 32.5 Å². The number of hydrogen-bond donors (Lipinski definition) is 2. The fourth-order valence-corrected chi connectivity index (χ4v) is 3.71. The number of rotatable bonds is 5. The molecule has 1 unspecified atom stereocenters. The quantitative estimate of drug-likeness (QED) is 0.719. The summed E-state index contributed by atoms with van der Waals surface area (Å²) in [5, 5.41) is 6.03. The summed E-state index contributed by atoms with van der Waals surface area (Å²) >= 11 is 0. The Morgan fingerprint density at radius 3 is 2.65 bits per heavy atom. The Morgan fingerprint density at radius 2 is 2.08 bits per heavy atom. The Kier molecular flexibility index (Phi) is 4.99. The Labute approximate surface area is 152 Å². The van der Waals surface area contributed by atoms with Gasteiger partial charge in [0.05, 0.1) is 0 Å². The zero-order chi connectivity index (χ0) is 18.9. The number of urea groups is 1. The van der Waals surface area contributed by atoms with Crippen LogP contribution in [0, 0.1) is 0 Å². The number of carbonyl (C=O) groups excluding carboxylic acids is 3. The van der Waals surface area contributed by atoms with Crippen molar-refractivity contribution < 1.29 is 14.4 Å². The fourth-order valence-electron chi connectivity index (χ4n) is 3.71. The SMILES string of the molecule is CCC1(CC)NC(=O)N(CC(=O)N2CCNCC2c2nccn2C)C1=O. The number of nitrogens with one attached hydrogen (secondary N) is 2. The van der Waals surface area contributed by atoms with E-state index in [0.717, 1.165) is 10.7 Å². The Hall–Kier alpha value is -2.42. The third-order valence-electron chi connectivity index (χ3n) is 5.47. The van der Waals surface area contributed by atoms with Gasteiger partial charge in [0.15, 0.2) is 0 Å². The lowest BCUT2D eigenvalue weighted by molar-refractivity contribution is -0.141. The number of imidazole rings is 1. The lowest BCUT2D eigenvalue weighted by atomic mass is 9.93. The van der Waals surface area contributed by atoms with E-state index in [2.05, 4.69) is 15.6 Å². The van der Waals surface area contributed by atoms with Crippen molar-refractivity contribution in [3.63, 3.8) is 0 Å². The minimum atomic E-state index is -0.889. The lowest BCUT2D eigenvalue weighted by Crippen LogP contribution is -2.53. The molecule has 142 valence electrons. The van der Waals surface area contributed by atoms with Gasteiger partial charge in [-0.05, 0) is 12.8 Å². The third-order valence-corrected chi connectivity index (χ3v) is 5.47. The minimum absolute atomic E-state index is 0.223. The van der Waals surface area contributed by atoms with Crippen LogP contribution < -0.4 is 10.6 Å². The highest BCUT2D eigenvalue weighted by Gasteiger charge is 2.49. The van der Waals surface area contributed by atoms with Gasteiger partial charge in [0.1, 0.15) is 23.9 Å². The monoisotopic (exact) mass is 362 g/mol. The van der Waals surface area contributed by atoms with Gasteiger partial charge >= 0.3 is 6.03 Å². The number of carbonyl (C=O) groups is 3. The maximum atomic E-state index is 12.9. The standard InChI is InChI=1S/C17H26N6O3/c1-4-17(5-2)15(25)23(16(26)20-17)11-13(24)22-9-6-18-10-12(22)14-19-7-8-21(14)3/h7-8,12,18H,4-6,9-11H2,1-3H3,(H,20,26). The van der Waals surface area contributed by atoms with Gasteiger partial charge < -0.3 is 20.1 Å². The minimum Gasteiger partial charge on any atom is -0.336 e. The van der Waals surface area contributed by atoms with Crippen molar-refractivity contribution in [3.8, 4) is 0 Å². The summed E-state index contributed by atoms with van der Waals surface area (Å²) in [4.78, 5) is 45.1. The summed E-state index contributed by atoms with van der Waals surface area (Å²) in [6.07, 6.45) is 4.53. The molecule has 0 bridgehead atoms. The normalized spacial score (nSPS) is 22.7. The second kappa shape index (κ2) is 7.06. The van der Waals surface area contributed by atoms with Crippen molar-refractivity contribution in [3.05, 3.63) is 18.2 Å². The van der Waals surface area contributed by atoms with Gasteiger partial charge in [-0.25, -0.2) is 9.78 Å². The molecule has 1 aromatic heterocycles. The van der Waals surface area contributed by atoms with Crippen molar-refractivity contribution in [2.24, 2.45) is 7.05 Å². The number of aromatic nitrogens is 2. The first-order valence-corrected chi connectivity index (χ1v) is 9.05. The summed E-state index contributed by atoms with van der Waals surface area (Å²) < 4.78 is 1.88. The van der Waals surface area contributed by atoms with Crippen LogP contribution in [0.4, 0.5) is 4.79 Å². The second-order valence-corrected chi connectivity index (χ2v) is 6.81. The lowest BCUT2D eigenvalue weighted by Gasteiger charge is -2.36. The van der Waals surface area contributed by atoms with Crippen LogP contribution in [0.25, 0.3) is 0 Å². The van der Waals surface area contributed by atoms with Gasteiger partial charge in [-0.15, -0.1) is 0 Å². The molecule has 3 rings (SSSR count). The fraction of sp³-hybridized carbons (Fsp3) is 0.647. The van der Waals surface area contributed by atoms with Gasteiger partial charge in [0, 0.05) is 39.1 Å². The molecule has 0 spiro atoms. The van der Waals surface area contributed by atoms with Crippen molar-refractivity contribution >= 4 is 17.8 Å². The molecule has 9 heteroatoms. The average Bonchev–Trinajstić information content (AvgIpc) is 3.18. The van der Waals surface area contributed by atoms with Gasteiger partial charge in [-0.1, -0.05) is 13.8 Å². The molecular weight excluding hydrogens is 336 g/mol. The zero-order valence-corrected chi connectivity index (χ0v) is 15.5. The van der Waals surface area contributed by atoms with E-state index in [1.807, 2.05) is 31.7 Å². The molecule has 2 saturated heterocycles. The summed E-state index contributed by atoms with van der Waals surface area (Å²) in [5.41, 5.74) is -0.889. The first-order valence-electron chi connectivity index (χ1n) is 9.05. The average molecular weight is 362 g/mol. The smallest absolute Gasteiger partial charge is 0.325 e. The van der Waals surface area contributed by atoms with Gasteiger partial charge in [-0.2, -0.15) is 0 Å². The zero-order valence-electron chi connectivity index (χ0n) is 15.5. The predicted molar refractivity (Wildman–Crippen MR) is 94.1 cm³/mol. The molecule has 4 amide bonds. The number of aryl methyl sites for hydroxylation is 1. The van der Waals surface area contributed by atoms with Crippen molar-refractivity contribution in [1.29, 1.82) is 0 Å². The molecule has 2 aliphatic heterocycles. The van der Waals surface area contributed by atoms with Gasteiger partial charge in [0.25, 0.3) is 5.91 Å². The number of imide groups is 1. The molecule has 1 aromatic rings. The van der Waals surface area contributed by atoms with Crippen molar-refractivity contribution in [2.75, 3.05) is 26.2 Å². The molecular formula is C17H26N6O3. The van der Waals surface area contributed by atoms with Crippen LogP contribution in [-0.2, 0) is 16.6 Å². The van der Waals surface area contributed by atoms with E-state index in [-0.39, 0.29) is 24.4 Å². The highest BCUT2D eigenvalue weighted by atomic mass is 16.2. The summed E-state index contributed by atoms with van der Waals surface area (Å²) in [5.74, 6) is 0.217. The Morgan fingerprint density at radius 1 is 1.35 bits per heavy atom. The third kappa shape index (κ3) is 2.96. The van der Waals surface area contributed by atoms with Crippen LogP contribution in [0.3, 0.4) is 0 Å². The summed E-state index contributed by atoms with van der Waals surface area (Å²) in [6.45, 7) is 5.24. The Bertz CT molecular complexity index is 711. The van der Waals surface area contributed by atoms with Gasteiger partial charge in [-0.3, -0.25) is 14.5 Å². The first kappa shape index (κ1) is 18.4. The van der Waals surface area contributed by atoms with E-state index in [1.54, 1.807) is 11.1 Å². The number of nitrogens with zero attached hydrogens (tertiary/aromatic N) is 4.